The molecule has 1 fully saturated rings. The second-order valence-electron chi connectivity index (χ2n) is 5.45. The second kappa shape index (κ2) is 7.73. The van der Waals surface area contributed by atoms with Crippen molar-refractivity contribution < 1.29 is 19.1 Å². The Balaban J connectivity index is 1.59. The molecule has 6 nitrogen and oxygen atoms in total. The van der Waals surface area contributed by atoms with E-state index in [1.807, 2.05) is 24.9 Å². The van der Waals surface area contributed by atoms with Crippen LogP contribution < -0.4 is 0 Å². The van der Waals surface area contributed by atoms with Crippen molar-refractivity contribution in [2.24, 2.45) is 0 Å². The lowest BCUT2D eigenvalue weighted by molar-refractivity contribution is -0.0239. The highest BCUT2D eigenvalue weighted by Crippen LogP contribution is 2.12. The van der Waals surface area contributed by atoms with Crippen LogP contribution in [0.15, 0.2) is 10.6 Å². The van der Waals surface area contributed by atoms with E-state index in [-0.39, 0.29) is 6.10 Å². The molecule has 114 valence electrons. The van der Waals surface area contributed by atoms with Crippen molar-refractivity contribution in [1.82, 2.24) is 10.1 Å². The van der Waals surface area contributed by atoms with E-state index in [4.69, 9.17) is 14.0 Å². The molecule has 1 aromatic rings. The van der Waals surface area contributed by atoms with E-state index in [2.05, 4.69) is 5.16 Å². The topological polar surface area (TPSA) is 68.0 Å². The third-order valence-corrected chi connectivity index (χ3v) is 3.27. The Morgan fingerprint density at radius 3 is 3.10 bits per heavy atom. The summed E-state index contributed by atoms with van der Waals surface area (Å²) in [6.07, 6.45) is 1.87. The zero-order valence-electron chi connectivity index (χ0n) is 12.2. The first-order valence-electron chi connectivity index (χ1n) is 7.11. The normalized spacial score (nSPS) is 20.7. The molecule has 0 aliphatic carbocycles. The number of aliphatic hydroxyl groups is 1. The van der Waals surface area contributed by atoms with Crippen molar-refractivity contribution in [3.05, 3.63) is 17.5 Å². The van der Waals surface area contributed by atoms with Crippen molar-refractivity contribution in [1.29, 1.82) is 0 Å². The van der Waals surface area contributed by atoms with Gasteiger partial charge in [-0.05, 0) is 26.8 Å². The number of likely N-dealkylation sites (N-methyl/N-ethyl adjacent to an activating group) is 1. The van der Waals surface area contributed by atoms with E-state index in [0.29, 0.717) is 26.3 Å². The van der Waals surface area contributed by atoms with Gasteiger partial charge in [0.25, 0.3) is 0 Å². The molecule has 0 bridgehead atoms. The number of rotatable bonds is 8. The molecule has 20 heavy (non-hydrogen) atoms. The Hall–Kier alpha value is -0.950. The molecule has 1 saturated heterocycles. The van der Waals surface area contributed by atoms with E-state index in [9.17, 15) is 5.11 Å². The molecule has 1 aromatic heterocycles. The highest BCUT2D eigenvalue weighted by molar-refractivity contribution is 5.03. The number of aryl methyl sites for hydroxylation is 1. The van der Waals surface area contributed by atoms with Crippen molar-refractivity contribution >= 4 is 0 Å². The Labute approximate surface area is 119 Å². The van der Waals surface area contributed by atoms with E-state index < -0.39 is 6.10 Å². The van der Waals surface area contributed by atoms with E-state index in [0.717, 1.165) is 30.9 Å². The van der Waals surface area contributed by atoms with Gasteiger partial charge in [-0.2, -0.15) is 0 Å². The molecule has 0 aromatic carbocycles. The predicted molar refractivity (Wildman–Crippen MR) is 73.4 cm³/mol. The van der Waals surface area contributed by atoms with Gasteiger partial charge in [0.15, 0.2) is 0 Å². The van der Waals surface area contributed by atoms with Crippen LogP contribution in [-0.2, 0) is 16.0 Å². The standard InChI is InChI=1S/C14H24N2O4/c1-11-6-12(15-20-11)7-16(2)8-13(17)9-18-10-14-4-3-5-19-14/h6,13-14,17H,3-5,7-10H2,1-2H3/t13-,14-/m0/s1. The summed E-state index contributed by atoms with van der Waals surface area (Å²) in [6.45, 7) is 4.80. The fourth-order valence-corrected chi connectivity index (χ4v) is 2.36. The maximum Gasteiger partial charge on any atom is 0.133 e. The first kappa shape index (κ1) is 15.4. The van der Waals surface area contributed by atoms with Crippen molar-refractivity contribution in [2.45, 2.75) is 38.5 Å². The smallest absolute Gasteiger partial charge is 0.133 e. The van der Waals surface area contributed by atoms with Gasteiger partial charge in [-0.3, -0.25) is 4.90 Å². The lowest BCUT2D eigenvalue weighted by Crippen LogP contribution is -2.32. The van der Waals surface area contributed by atoms with E-state index in [1.165, 1.54) is 0 Å². The monoisotopic (exact) mass is 284 g/mol. The summed E-state index contributed by atoms with van der Waals surface area (Å²) in [5.41, 5.74) is 0.873. The van der Waals surface area contributed by atoms with Gasteiger partial charge in [-0.15, -0.1) is 0 Å². The average molecular weight is 284 g/mol. The second-order valence-corrected chi connectivity index (χ2v) is 5.45. The first-order chi connectivity index (χ1) is 9.63. The lowest BCUT2D eigenvalue weighted by Gasteiger charge is -2.20. The van der Waals surface area contributed by atoms with Crippen molar-refractivity contribution in [2.75, 3.05) is 33.4 Å². The van der Waals surface area contributed by atoms with Crippen LogP contribution in [0.2, 0.25) is 0 Å². The fourth-order valence-electron chi connectivity index (χ4n) is 2.36. The Morgan fingerprint density at radius 1 is 1.60 bits per heavy atom. The SMILES string of the molecule is Cc1cc(CN(C)C[C@H](O)COC[C@@H]2CCCO2)no1. The van der Waals surface area contributed by atoms with Gasteiger partial charge in [0.05, 0.1) is 31.1 Å². The molecule has 1 N–H and O–H groups in total. The molecule has 1 aliphatic rings. The third kappa shape index (κ3) is 5.20. The number of aromatic nitrogens is 1. The number of nitrogens with zero attached hydrogens (tertiary/aromatic N) is 2. The van der Waals surface area contributed by atoms with Crippen LogP contribution in [0.5, 0.6) is 0 Å². The first-order valence-corrected chi connectivity index (χ1v) is 7.11. The number of hydrogen-bond acceptors (Lipinski definition) is 6. The molecule has 1 aliphatic heterocycles. The Kier molecular flexibility index (Phi) is 5.97. The van der Waals surface area contributed by atoms with Crippen molar-refractivity contribution in [3.8, 4) is 0 Å². The summed E-state index contributed by atoms with van der Waals surface area (Å²) in [4.78, 5) is 2.00. The van der Waals surface area contributed by atoms with Gasteiger partial charge >= 0.3 is 0 Å². The molecule has 2 rings (SSSR count). The third-order valence-electron chi connectivity index (χ3n) is 3.27. The summed E-state index contributed by atoms with van der Waals surface area (Å²) in [7, 11) is 1.94. The largest absolute Gasteiger partial charge is 0.389 e. The maximum atomic E-state index is 9.93. The van der Waals surface area contributed by atoms with Crippen LogP contribution in [0.3, 0.4) is 0 Å². The molecule has 0 amide bonds. The minimum atomic E-state index is -0.505. The molecule has 6 heteroatoms. The van der Waals surface area contributed by atoms with Gasteiger partial charge < -0.3 is 19.1 Å². The molecule has 0 spiro atoms. The Morgan fingerprint density at radius 2 is 2.45 bits per heavy atom. The highest BCUT2D eigenvalue weighted by atomic mass is 16.5. The number of hydrogen-bond donors (Lipinski definition) is 1. The quantitative estimate of drug-likeness (QED) is 0.767. The average Bonchev–Trinajstić information content (AvgIpc) is 3.01. The van der Waals surface area contributed by atoms with Gasteiger partial charge in [0.2, 0.25) is 0 Å². The minimum Gasteiger partial charge on any atom is -0.389 e. The lowest BCUT2D eigenvalue weighted by atomic mass is 10.2. The molecule has 2 heterocycles. The molecule has 0 unspecified atom stereocenters. The van der Waals surface area contributed by atoms with E-state index in [1.54, 1.807) is 0 Å². The van der Waals surface area contributed by atoms with E-state index >= 15 is 0 Å². The minimum absolute atomic E-state index is 0.207. The van der Waals surface area contributed by atoms with Crippen LogP contribution in [0, 0.1) is 6.92 Å². The van der Waals surface area contributed by atoms with Crippen molar-refractivity contribution in [3.63, 3.8) is 0 Å². The summed E-state index contributed by atoms with van der Waals surface area (Å²) in [6, 6.07) is 1.90. The summed E-state index contributed by atoms with van der Waals surface area (Å²) < 4.78 is 16.0. The van der Waals surface area contributed by atoms with Crippen LogP contribution in [0.1, 0.15) is 24.3 Å². The van der Waals surface area contributed by atoms with Gasteiger partial charge in [0.1, 0.15) is 5.76 Å². The molecular weight excluding hydrogens is 260 g/mol. The molecule has 0 saturated carbocycles. The fraction of sp³-hybridized carbons (Fsp3) is 0.786. The molecule has 0 radical (unpaired) electrons. The summed E-state index contributed by atoms with van der Waals surface area (Å²) in [5, 5.41) is 13.9. The number of aliphatic hydroxyl groups excluding tert-OH is 1. The zero-order valence-corrected chi connectivity index (χ0v) is 12.2. The van der Waals surface area contributed by atoms with Crippen LogP contribution >= 0.6 is 0 Å². The molecule has 2 atom stereocenters. The molecular formula is C14H24N2O4. The van der Waals surface area contributed by atoms with Gasteiger partial charge in [-0.1, -0.05) is 5.16 Å². The zero-order chi connectivity index (χ0) is 14.4. The van der Waals surface area contributed by atoms with Crippen LogP contribution in [-0.4, -0.2) is 60.8 Å². The highest BCUT2D eigenvalue weighted by Gasteiger charge is 2.16. The maximum absolute atomic E-state index is 9.93. The number of ether oxygens (including phenoxy) is 2. The van der Waals surface area contributed by atoms with Crippen LogP contribution in [0.4, 0.5) is 0 Å². The van der Waals surface area contributed by atoms with Gasteiger partial charge in [-0.25, -0.2) is 0 Å². The van der Waals surface area contributed by atoms with Crippen LogP contribution in [0.25, 0.3) is 0 Å². The summed E-state index contributed by atoms with van der Waals surface area (Å²) in [5.74, 6) is 0.800. The predicted octanol–water partition coefficient (Wildman–Crippen LogP) is 0.971. The van der Waals surface area contributed by atoms with Gasteiger partial charge in [0, 0.05) is 25.8 Å². The Bertz CT molecular complexity index is 390. The summed E-state index contributed by atoms with van der Waals surface area (Å²) >= 11 is 0.